The summed E-state index contributed by atoms with van der Waals surface area (Å²) in [6, 6.07) is 11.9. The van der Waals surface area contributed by atoms with Crippen molar-refractivity contribution in [2.24, 2.45) is 0 Å². The number of fused-ring (bicyclic) bond motifs is 5. The van der Waals surface area contributed by atoms with E-state index in [4.69, 9.17) is 9.72 Å². The molecule has 0 atom stereocenters. The molecule has 2 aliphatic heterocycles. The zero-order valence-corrected chi connectivity index (χ0v) is 14.9. The zero-order chi connectivity index (χ0) is 18.3. The molecule has 2 aromatic heterocycles. The summed E-state index contributed by atoms with van der Waals surface area (Å²) in [7, 11) is 0. The van der Waals surface area contributed by atoms with Crippen LogP contribution in [0.2, 0.25) is 0 Å². The fourth-order valence-corrected chi connectivity index (χ4v) is 3.44. The highest BCUT2D eigenvalue weighted by Crippen LogP contribution is 2.33. The molecule has 0 bridgehead atoms. The maximum absolute atomic E-state index is 12.7. The van der Waals surface area contributed by atoms with E-state index >= 15 is 0 Å². The number of hydrogen-bond donors (Lipinski definition) is 0. The standard InChI is InChI=1S/C18H12N2O3.C3H8/c21-16-7-11-6-15-17-12(5-10-3-1-2-4-14(10)19-17)8-20(15)18(22)13(11)9-23-16;1-3-2/h1-6H,7-9H2;3H2,1-2H3. The van der Waals surface area contributed by atoms with E-state index in [2.05, 4.69) is 19.9 Å². The van der Waals surface area contributed by atoms with Crippen molar-refractivity contribution in [2.45, 2.75) is 39.8 Å². The van der Waals surface area contributed by atoms with Crippen LogP contribution < -0.4 is 5.56 Å². The van der Waals surface area contributed by atoms with Crippen LogP contribution in [0.5, 0.6) is 0 Å². The van der Waals surface area contributed by atoms with Gasteiger partial charge in [-0.1, -0.05) is 38.5 Å². The molecule has 5 rings (SSSR count). The number of pyridine rings is 2. The molecule has 5 heteroatoms. The number of aromatic nitrogens is 2. The Balaban J connectivity index is 0.000000527. The van der Waals surface area contributed by atoms with E-state index in [0.717, 1.165) is 33.4 Å². The van der Waals surface area contributed by atoms with Crippen molar-refractivity contribution in [1.29, 1.82) is 0 Å². The van der Waals surface area contributed by atoms with Crippen LogP contribution in [0, 0.1) is 0 Å². The molecule has 5 nitrogen and oxygen atoms in total. The van der Waals surface area contributed by atoms with Gasteiger partial charge in [-0.05, 0) is 23.8 Å². The van der Waals surface area contributed by atoms with Gasteiger partial charge < -0.3 is 9.30 Å². The lowest BCUT2D eigenvalue weighted by atomic mass is 10.0. The molecule has 132 valence electrons. The van der Waals surface area contributed by atoms with Gasteiger partial charge >= 0.3 is 5.97 Å². The molecule has 0 aliphatic carbocycles. The van der Waals surface area contributed by atoms with E-state index in [-0.39, 0.29) is 24.6 Å². The summed E-state index contributed by atoms with van der Waals surface area (Å²) >= 11 is 0. The number of nitrogens with zero attached hydrogens (tertiary/aromatic N) is 2. The van der Waals surface area contributed by atoms with Crippen LogP contribution in [0.15, 0.2) is 41.2 Å². The number of benzene rings is 1. The first-order valence-electron chi connectivity index (χ1n) is 8.92. The smallest absolute Gasteiger partial charge is 0.310 e. The molecule has 0 spiro atoms. The Hall–Kier alpha value is -2.95. The van der Waals surface area contributed by atoms with Crippen LogP contribution in [0.25, 0.3) is 22.3 Å². The second kappa shape index (κ2) is 6.41. The number of para-hydroxylation sites is 1. The van der Waals surface area contributed by atoms with Gasteiger partial charge in [0.1, 0.15) is 6.61 Å². The summed E-state index contributed by atoms with van der Waals surface area (Å²) in [6.07, 6.45) is 1.40. The molecule has 1 aromatic carbocycles. The first-order chi connectivity index (χ1) is 12.6. The quantitative estimate of drug-likeness (QED) is 0.457. The Morgan fingerprint density at radius 3 is 2.69 bits per heavy atom. The van der Waals surface area contributed by atoms with Crippen molar-refractivity contribution in [2.75, 3.05) is 0 Å². The highest BCUT2D eigenvalue weighted by Gasteiger charge is 2.28. The predicted octanol–water partition coefficient (Wildman–Crippen LogP) is 3.44. The van der Waals surface area contributed by atoms with Crippen molar-refractivity contribution in [3.8, 4) is 11.4 Å². The molecule has 0 N–H and O–H groups in total. The third-order valence-corrected chi connectivity index (χ3v) is 4.58. The van der Waals surface area contributed by atoms with Gasteiger partial charge in [0.2, 0.25) is 0 Å². The molecule has 4 heterocycles. The molecule has 26 heavy (non-hydrogen) atoms. The van der Waals surface area contributed by atoms with Crippen LogP contribution in [0.3, 0.4) is 0 Å². The highest BCUT2D eigenvalue weighted by molar-refractivity contribution is 5.84. The van der Waals surface area contributed by atoms with Crippen LogP contribution in [0.4, 0.5) is 0 Å². The van der Waals surface area contributed by atoms with Crippen LogP contribution in [-0.4, -0.2) is 15.5 Å². The third kappa shape index (κ3) is 2.60. The topological polar surface area (TPSA) is 61.2 Å². The fraction of sp³-hybridized carbons (Fsp3) is 0.286. The molecule has 3 aromatic rings. The first kappa shape index (κ1) is 16.5. The second-order valence-corrected chi connectivity index (χ2v) is 6.66. The summed E-state index contributed by atoms with van der Waals surface area (Å²) in [6.45, 7) is 4.83. The van der Waals surface area contributed by atoms with E-state index < -0.39 is 0 Å². The molecule has 0 amide bonds. The number of carbonyl (C=O) groups is 1. The Kier molecular flexibility index (Phi) is 4.07. The van der Waals surface area contributed by atoms with E-state index in [0.29, 0.717) is 12.1 Å². The van der Waals surface area contributed by atoms with Gasteiger partial charge in [0, 0.05) is 10.9 Å². The molecular formula is C21H20N2O3. The SMILES string of the molecule is CCC.O=C1Cc2cc3n(c(=O)c2CO1)Cc1cc2ccccc2nc1-3. The monoisotopic (exact) mass is 348 g/mol. The Morgan fingerprint density at radius 2 is 1.88 bits per heavy atom. The molecule has 0 saturated heterocycles. The number of ether oxygens (including phenoxy) is 1. The minimum Gasteiger partial charge on any atom is -0.460 e. The van der Waals surface area contributed by atoms with Crippen molar-refractivity contribution >= 4 is 16.9 Å². The van der Waals surface area contributed by atoms with Gasteiger partial charge in [0.25, 0.3) is 5.56 Å². The van der Waals surface area contributed by atoms with Gasteiger partial charge in [0.15, 0.2) is 0 Å². The van der Waals surface area contributed by atoms with Crippen LogP contribution in [-0.2, 0) is 29.1 Å². The third-order valence-electron chi connectivity index (χ3n) is 4.58. The normalized spacial score (nSPS) is 14.0. The number of hydrogen-bond acceptors (Lipinski definition) is 4. The average Bonchev–Trinajstić information content (AvgIpc) is 2.98. The molecule has 0 unspecified atom stereocenters. The van der Waals surface area contributed by atoms with Crippen LogP contribution >= 0.6 is 0 Å². The minimum absolute atomic E-state index is 0.0685. The fourth-order valence-electron chi connectivity index (χ4n) is 3.44. The number of esters is 1. The first-order valence-corrected chi connectivity index (χ1v) is 8.92. The molecular weight excluding hydrogens is 328 g/mol. The lowest BCUT2D eigenvalue weighted by Gasteiger charge is -2.17. The van der Waals surface area contributed by atoms with E-state index in [1.54, 1.807) is 4.57 Å². The van der Waals surface area contributed by atoms with Gasteiger partial charge in [-0.2, -0.15) is 0 Å². The Morgan fingerprint density at radius 1 is 1.12 bits per heavy atom. The zero-order valence-electron chi connectivity index (χ0n) is 14.9. The lowest BCUT2D eigenvalue weighted by Crippen LogP contribution is -2.29. The summed E-state index contributed by atoms with van der Waals surface area (Å²) in [5.74, 6) is -0.286. The second-order valence-electron chi connectivity index (χ2n) is 6.66. The van der Waals surface area contributed by atoms with Crippen molar-refractivity contribution < 1.29 is 9.53 Å². The van der Waals surface area contributed by atoms with E-state index in [1.165, 1.54) is 6.42 Å². The highest BCUT2D eigenvalue weighted by atomic mass is 16.5. The van der Waals surface area contributed by atoms with Gasteiger partial charge in [-0.3, -0.25) is 9.59 Å². The van der Waals surface area contributed by atoms with Crippen molar-refractivity contribution in [1.82, 2.24) is 9.55 Å². The largest absolute Gasteiger partial charge is 0.460 e. The molecule has 2 aliphatic rings. The van der Waals surface area contributed by atoms with Crippen molar-refractivity contribution in [3.05, 3.63) is 63.4 Å². The average molecular weight is 348 g/mol. The maximum atomic E-state index is 12.7. The predicted molar refractivity (Wildman–Crippen MR) is 100 cm³/mol. The number of rotatable bonds is 0. The molecule has 0 fully saturated rings. The number of cyclic esters (lactones) is 1. The van der Waals surface area contributed by atoms with Gasteiger partial charge in [0.05, 0.1) is 35.4 Å². The minimum atomic E-state index is -0.286. The summed E-state index contributed by atoms with van der Waals surface area (Å²) in [4.78, 5) is 29.0. The van der Waals surface area contributed by atoms with E-state index in [1.807, 2.05) is 30.3 Å². The van der Waals surface area contributed by atoms with Crippen molar-refractivity contribution in [3.63, 3.8) is 0 Å². The summed E-state index contributed by atoms with van der Waals surface area (Å²) < 4.78 is 6.75. The number of carbonyl (C=O) groups excluding carboxylic acids is 1. The molecule has 0 radical (unpaired) electrons. The van der Waals surface area contributed by atoms with Gasteiger partial charge in [-0.25, -0.2) is 4.98 Å². The molecule has 0 saturated carbocycles. The Labute approximate surface area is 151 Å². The summed E-state index contributed by atoms with van der Waals surface area (Å²) in [5.41, 5.74) is 4.85. The Bertz CT molecular complexity index is 1080. The summed E-state index contributed by atoms with van der Waals surface area (Å²) in [5, 5.41) is 1.07. The maximum Gasteiger partial charge on any atom is 0.310 e. The van der Waals surface area contributed by atoms with Gasteiger partial charge in [-0.15, -0.1) is 0 Å². The lowest BCUT2D eigenvalue weighted by molar-refractivity contribution is -0.145. The van der Waals surface area contributed by atoms with E-state index in [9.17, 15) is 9.59 Å². The van der Waals surface area contributed by atoms with Crippen LogP contribution in [0.1, 0.15) is 37.0 Å².